The summed E-state index contributed by atoms with van der Waals surface area (Å²) in [5, 5.41) is 10.4. The molecule has 7 heteroatoms. The van der Waals surface area contributed by atoms with Gasteiger partial charge in [-0.25, -0.2) is 8.42 Å². The average Bonchev–Trinajstić information content (AvgIpc) is 2.17. The molecule has 0 aromatic heterocycles. The van der Waals surface area contributed by atoms with Crippen molar-refractivity contribution in [2.75, 3.05) is 13.3 Å². The van der Waals surface area contributed by atoms with Gasteiger partial charge in [0.2, 0.25) is 0 Å². The van der Waals surface area contributed by atoms with Crippen molar-refractivity contribution in [1.82, 2.24) is 0 Å². The Bertz CT molecular complexity index is 466. The standard InChI is InChI=1S/C8H10NO4PS/c1-14(2)15(12,13)8-5-3-7(4-6-8)9(10)11/h3-6H,1-2H3. The Morgan fingerprint density at radius 3 is 2.00 bits per heavy atom. The fourth-order valence-corrected chi connectivity index (χ4v) is 3.48. The van der Waals surface area contributed by atoms with E-state index in [4.69, 9.17) is 0 Å². The van der Waals surface area contributed by atoms with Crippen LogP contribution >= 0.6 is 7.12 Å². The van der Waals surface area contributed by atoms with Gasteiger partial charge in [-0.05, 0) is 25.5 Å². The minimum Gasteiger partial charge on any atom is -0.258 e. The van der Waals surface area contributed by atoms with E-state index in [1.165, 1.54) is 24.3 Å². The monoisotopic (exact) mass is 247 g/mol. The van der Waals surface area contributed by atoms with E-state index in [1.54, 1.807) is 13.3 Å². The van der Waals surface area contributed by atoms with Gasteiger partial charge in [-0.1, -0.05) is 0 Å². The molecule has 82 valence electrons. The van der Waals surface area contributed by atoms with Crippen molar-refractivity contribution in [2.45, 2.75) is 4.90 Å². The second-order valence-electron chi connectivity index (χ2n) is 3.04. The zero-order valence-corrected chi connectivity index (χ0v) is 9.96. The van der Waals surface area contributed by atoms with Crippen LogP contribution in [0.5, 0.6) is 0 Å². The first kappa shape index (κ1) is 12.1. The molecule has 0 saturated carbocycles. The van der Waals surface area contributed by atoms with Crippen molar-refractivity contribution in [3.8, 4) is 0 Å². The van der Waals surface area contributed by atoms with Gasteiger partial charge in [-0.2, -0.15) is 0 Å². The van der Waals surface area contributed by atoms with E-state index in [1.807, 2.05) is 0 Å². The molecule has 15 heavy (non-hydrogen) atoms. The minimum atomic E-state index is -3.28. The van der Waals surface area contributed by atoms with Gasteiger partial charge in [0.1, 0.15) is 0 Å². The Kier molecular flexibility index (Phi) is 3.42. The van der Waals surface area contributed by atoms with Crippen molar-refractivity contribution < 1.29 is 13.3 Å². The van der Waals surface area contributed by atoms with Crippen LogP contribution in [0.2, 0.25) is 0 Å². The lowest BCUT2D eigenvalue weighted by Crippen LogP contribution is -1.97. The quantitative estimate of drug-likeness (QED) is 0.465. The first-order valence-corrected chi connectivity index (χ1v) is 8.35. The Labute approximate surface area is 88.7 Å². The number of non-ortho nitro benzene ring substituents is 1. The summed E-state index contributed by atoms with van der Waals surface area (Å²) in [6.45, 7) is 3.26. The van der Waals surface area contributed by atoms with Crippen molar-refractivity contribution in [3.63, 3.8) is 0 Å². The van der Waals surface area contributed by atoms with Crippen LogP contribution in [0.15, 0.2) is 29.2 Å². The lowest BCUT2D eigenvalue weighted by atomic mass is 10.3. The molecule has 0 unspecified atom stereocenters. The van der Waals surface area contributed by atoms with E-state index in [-0.39, 0.29) is 10.6 Å². The Morgan fingerprint density at radius 1 is 1.20 bits per heavy atom. The summed E-state index contributed by atoms with van der Waals surface area (Å²) in [6.07, 6.45) is 0. The molecule has 0 atom stereocenters. The summed E-state index contributed by atoms with van der Waals surface area (Å²) in [7, 11) is -4.42. The maximum Gasteiger partial charge on any atom is 0.269 e. The minimum absolute atomic E-state index is 0.106. The first-order chi connectivity index (χ1) is 6.85. The number of hydrogen-bond donors (Lipinski definition) is 0. The molecule has 0 aliphatic heterocycles. The Morgan fingerprint density at radius 2 is 1.67 bits per heavy atom. The highest BCUT2D eigenvalue weighted by Crippen LogP contribution is 2.39. The number of benzene rings is 1. The molecule has 0 saturated heterocycles. The highest BCUT2D eigenvalue weighted by molar-refractivity contribution is 8.49. The van der Waals surface area contributed by atoms with Crippen LogP contribution in [-0.2, 0) is 9.46 Å². The summed E-state index contributed by atoms with van der Waals surface area (Å²) in [6, 6.07) is 4.95. The molecule has 0 radical (unpaired) electrons. The highest BCUT2D eigenvalue weighted by Gasteiger charge is 2.19. The maximum atomic E-state index is 11.7. The van der Waals surface area contributed by atoms with Crippen molar-refractivity contribution >= 4 is 22.3 Å². The molecule has 1 aromatic carbocycles. The molecular weight excluding hydrogens is 237 g/mol. The molecule has 0 N–H and O–H groups in total. The van der Waals surface area contributed by atoms with Crippen LogP contribution in [0.1, 0.15) is 0 Å². The SMILES string of the molecule is CP(C)S(=O)(=O)c1ccc([N+](=O)[O-])cc1. The van der Waals surface area contributed by atoms with Gasteiger partial charge >= 0.3 is 0 Å². The van der Waals surface area contributed by atoms with Crippen LogP contribution < -0.4 is 0 Å². The normalized spacial score (nSPS) is 11.7. The third kappa shape index (κ3) is 2.52. The molecule has 0 heterocycles. The second-order valence-corrected chi connectivity index (χ2v) is 9.72. The maximum absolute atomic E-state index is 11.7. The average molecular weight is 247 g/mol. The Balaban J connectivity index is 3.15. The molecule has 0 amide bonds. The molecule has 0 aliphatic rings. The van der Waals surface area contributed by atoms with Gasteiger partial charge in [-0.15, -0.1) is 0 Å². The van der Waals surface area contributed by atoms with Crippen LogP contribution in [-0.4, -0.2) is 26.7 Å². The van der Waals surface area contributed by atoms with Crippen molar-refractivity contribution in [1.29, 1.82) is 0 Å². The Hall–Kier alpha value is -1.00. The van der Waals surface area contributed by atoms with E-state index in [0.29, 0.717) is 0 Å². The molecule has 0 aliphatic carbocycles. The number of nitrogens with zero attached hydrogens (tertiary/aromatic N) is 1. The third-order valence-corrected chi connectivity index (χ3v) is 7.17. The molecule has 0 spiro atoms. The zero-order valence-electron chi connectivity index (χ0n) is 8.25. The summed E-state index contributed by atoms with van der Waals surface area (Å²) < 4.78 is 23.3. The molecule has 1 rings (SSSR count). The van der Waals surface area contributed by atoms with Gasteiger partial charge in [0, 0.05) is 19.3 Å². The van der Waals surface area contributed by atoms with E-state index >= 15 is 0 Å². The second kappa shape index (κ2) is 4.24. The molecular formula is C8H10NO4PS. The highest BCUT2D eigenvalue weighted by atomic mass is 32.8. The predicted molar refractivity (Wildman–Crippen MR) is 59.1 cm³/mol. The van der Waals surface area contributed by atoms with Crippen LogP contribution in [0, 0.1) is 10.1 Å². The number of nitro benzene ring substituents is 1. The van der Waals surface area contributed by atoms with E-state index < -0.39 is 21.5 Å². The van der Waals surface area contributed by atoms with E-state index in [2.05, 4.69) is 0 Å². The van der Waals surface area contributed by atoms with Crippen molar-refractivity contribution in [2.24, 2.45) is 0 Å². The molecule has 0 bridgehead atoms. The largest absolute Gasteiger partial charge is 0.269 e. The summed E-state index contributed by atoms with van der Waals surface area (Å²) in [4.78, 5) is 9.94. The fourth-order valence-electron chi connectivity index (χ4n) is 0.951. The fraction of sp³-hybridized carbons (Fsp3) is 0.250. The van der Waals surface area contributed by atoms with Gasteiger partial charge in [0.05, 0.1) is 9.82 Å². The van der Waals surface area contributed by atoms with Crippen LogP contribution in [0.4, 0.5) is 5.69 Å². The van der Waals surface area contributed by atoms with Gasteiger partial charge < -0.3 is 0 Å². The number of rotatable bonds is 3. The van der Waals surface area contributed by atoms with Gasteiger partial charge in [0.15, 0.2) is 9.46 Å². The number of hydrogen-bond acceptors (Lipinski definition) is 4. The van der Waals surface area contributed by atoms with Crippen LogP contribution in [0.25, 0.3) is 0 Å². The summed E-state index contributed by atoms with van der Waals surface area (Å²) >= 11 is 0. The summed E-state index contributed by atoms with van der Waals surface area (Å²) in [5.41, 5.74) is -0.106. The lowest BCUT2D eigenvalue weighted by Gasteiger charge is -2.06. The van der Waals surface area contributed by atoms with Gasteiger partial charge in [-0.3, -0.25) is 10.1 Å². The lowest BCUT2D eigenvalue weighted by molar-refractivity contribution is -0.384. The number of nitro groups is 1. The van der Waals surface area contributed by atoms with E-state index in [9.17, 15) is 18.5 Å². The predicted octanol–water partition coefficient (Wildman–Crippen LogP) is 2.02. The molecule has 5 nitrogen and oxygen atoms in total. The molecule has 1 aromatic rings. The smallest absolute Gasteiger partial charge is 0.258 e. The first-order valence-electron chi connectivity index (χ1n) is 4.02. The summed E-state index contributed by atoms with van der Waals surface area (Å²) in [5.74, 6) is 0. The van der Waals surface area contributed by atoms with E-state index in [0.717, 1.165) is 0 Å². The zero-order chi connectivity index (χ0) is 11.6. The van der Waals surface area contributed by atoms with Crippen molar-refractivity contribution in [3.05, 3.63) is 34.4 Å². The van der Waals surface area contributed by atoms with Crippen LogP contribution in [0.3, 0.4) is 0 Å². The third-order valence-electron chi connectivity index (χ3n) is 1.83. The van der Waals surface area contributed by atoms with Gasteiger partial charge in [0.25, 0.3) is 5.69 Å². The molecule has 0 fully saturated rings. The topological polar surface area (TPSA) is 77.3 Å².